The molecule has 1 fully saturated rings. The molecular formula is C13H16Cl2N2O. The maximum Gasteiger partial charge on any atom is 0.237 e. The quantitative estimate of drug-likeness (QED) is 0.923. The summed E-state index contributed by atoms with van der Waals surface area (Å²) < 4.78 is 0. The van der Waals surface area contributed by atoms with Crippen LogP contribution in [0.5, 0.6) is 0 Å². The van der Waals surface area contributed by atoms with Crippen molar-refractivity contribution in [2.75, 3.05) is 13.1 Å². The van der Waals surface area contributed by atoms with Gasteiger partial charge in [0.1, 0.15) is 0 Å². The maximum atomic E-state index is 11.7. The van der Waals surface area contributed by atoms with Crippen molar-refractivity contribution in [3.8, 4) is 0 Å². The number of carbonyl (C=O) groups excluding carboxylic acids is 1. The van der Waals surface area contributed by atoms with Gasteiger partial charge in [0.05, 0.1) is 16.1 Å². The van der Waals surface area contributed by atoms with E-state index >= 15 is 0 Å². The fourth-order valence-electron chi connectivity index (χ4n) is 2.24. The number of rotatable bonds is 4. The zero-order valence-electron chi connectivity index (χ0n) is 10.2. The van der Waals surface area contributed by atoms with Crippen LogP contribution >= 0.6 is 23.2 Å². The van der Waals surface area contributed by atoms with Crippen LogP contribution in [0.2, 0.25) is 10.0 Å². The van der Waals surface area contributed by atoms with E-state index in [1.54, 1.807) is 6.07 Å². The fourth-order valence-corrected chi connectivity index (χ4v) is 2.56. The Labute approximate surface area is 117 Å². The first-order valence-corrected chi connectivity index (χ1v) is 6.83. The van der Waals surface area contributed by atoms with Crippen LogP contribution in [0.15, 0.2) is 18.2 Å². The molecule has 1 aliphatic rings. The molecule has 1 N–H and O–H groups in total. The number of halogens is 2. The Bertz CT molecular complexity index is 451. The van der Waals surface area contributed by atoms with Crippen LogP contribution in [0.4, 0.5) is 0 Å². The predicted octanol–water partition coefficient (Wildman–Crippen LogP) is 2.70. The molecule has 1 heterocycles. The molecule has 0 aromatic heterocycles. The van der Waals surface area contributed by atoms with E-state index in [-0.39, 0.29) is 11.9 Å². The smallest absolute Gasteiger partial charge is 0.237 e. The highest BCUT2D eigenvalue weighted by atomic mass is 35.5. The van der Waals surface area contributed by atoms with Crippen molar-refractivity contribution in [1.82, 2.24) is 10.2 Å². The Morgan fingerprint density at radius 2 is 2.17 bits per heavy atom. The number of likely N-dealkylation sites (N-methyl/N-ethyl adjacent to an activating group) is 1. The van der Waals surface area contributed by atoms with Crippen LogP contribution in [0.3, 0.4) is 0 Å². The van der Waals surface area contributed by atoms with E-state index in [1.807, 2.05) is 12.1 Å². The van der Waals surface area contributed by atoms with Gasteiger partial charge in [-0.2, -0.15) is 0 Å². The molecule has 0 spiro atoms. The minimum atomic E-state index is -0.0237. The molecule has 1 aromatic carbocycles. The minimum absolute atomic E-state index is 0.0237. The lowest BCUT2D eigenvalue weighted by molar-refractivity contribution is -0.123. The minimum Gasteiger partial charge on any atom is -0.355 e. The summed E-state index contributed by atoms with van der Waals surface area (Å²) in [6, 6.07) is 5.58. The molecule has 1 amide bonds. The van der Waals surface area contributed by atoms with E-state index in [0.29, 0.717) is 16.6 Å². The van der Waals surface area contributed by atoms with E-state index in [9.17, 15) is 4.79 Å². The average Bonchev–Trinajstić information content (AvgIpc) is 2.77. The summed E-state index contributed by atoms with van der Waals surface area (Å²) in [5.41, 5.74) is 1.07. The number of amides is 1. The summed E-state index contributed by atoms with van der Waals surface area (Å²) in [6.07, 6.45) is 0.869. The molecule has 1 atom stereocenters. The number of nitrogens with zero attached hydrogens (tertiary/aromatic N) is 1. The molecular weight excluding hydrogens is 271 g/mol. The van der Waals surface area contributed by atoms with Crippen LogP contribution in [-0.2, 0) is 11.3 Å². The number of hydrogen-bond acceptors (Lipinski definition) is 2. The summed E-state index contributed by atoms with van der Waals surface area (Å²) in [5.74, 6) is 0.122. The second kappa shape index (κ2) is 5.91. The fraction of sp³-hybridized carbons (Fsp3) is 0.462. The highest BCUT2D eigenvalue weighted by molar-refractivity contribution is 6.42. The average molecular weight is 287 g/mol. The van der Waals surface area contributed by atoms with Crippen molar-refractivity contribution >= 4 is 29.1 Å². The van der Waals surface area contributed by atoms with Crippen molar-refractivity contribution < 1.29 is 4.79 Å². The van der Waals surface area contributed by atoms with Crippen molar-refractivity contribution in [2.24, 2.45) is 0 Å². The van der Waals surface area contributed by atoms with Gasteiger partial charge in [-0.25, -0.2) is 0 Å². The van der Waals surface area contributed by atoms with Gasteiger partial charge >= 0.3 is 0 Å². The maximum absolute atomic E-state index is 11.7. The van der Waals surface area contributed by atoms with Crippen molar-refractivity contribution in [3.63, 3.8) is 0 Å². The second-order valence-electron chi connectivity index (χ2n) is 4.41. The Balaban J connectivity index is 2.10. The highest BCUT2D eigenvalue weighted by Gasteiger charge is 2.29. The van der Waals surface area contributed by atoms with Crippen LogP contribution in [0.25, 0.3) is 0 Å². The molecule has 1 aliphatic heterocycles. The van der Waals surface area contributed by atoms with Gasteiger partial charge < -0.3 is 5.32 Å². The third-order valence-corrected chi connectivity index (χ3v) is 3.98. The van der Waals surface area contributed by atoms with Crippen LogP contribution < -0.4 is 5.32 Å². The molecule has 1 aromatic rings. The van der Waals surface area contributed by atoms with Crippen LogP contribution in [-0.4, -0.2) is 29.9 Å². The predicted molar refractivity (Wildman–Crippen MR) is 74.0 cm³/mol. The molecule has 0 bridgehead atoms. The van der Waals surface area contributed by atoms with Gasteiger partial charge in [0, 0.05) is 13.1 Å². The lowest BCUT2D eigenvalue weighted by Crippen LogP contribution is -2.40. The van der Waals surface area contributed by atoms with Gasteiger partial charge in [-0.1, -0.05) is 36.2 Å². The Morgan fingerprint density at radius 1 is 1.39 bits per heavy atom. The zero-order chi connectivity index (χ0) is 13.1. The van der Waals surface area contributed by atoms with Gasteiger partial charge in [0.15, 0.2) is 0 Å². The largest absolute Gasteiger partial charge is 0.355 e. The molecule has 1 saturated heterocycles. The van der Waals surface area contributed by atoms with Gasteiger partial charge in [0.25, 0.3) is 0 Å². The third kappa shape index (κ3) is 2.97. The molecule has 0 radical (unpaired) electrons. The molecule has 0 saturated carbocycles. The zero-order valence-corrected chi connectivity index (χ0v) is 11.8. The molecule has 18 heavy (non-hydrogen) atoms. The summed E-state index contributed by atoms with van der Waals surface area (Å²) in [7, 11) is 0. The number of carbonyl (C=O) groups is 1. The van der Waals surface area contributed by atoms with Gasteiger partial charge in [-0.15, -0.1) is 0 Å². The highest BCUT2D eigenvalue weighted by Crippen LogP contribution is 2.24. The van der Waals surface area contributed by atoms with Crippen LogP contribution in [0, 0.1) is 0 Å². The first-order valence-electron chi connectivity index (χ1n) is 6.07. The molecule has 0 aliphatic carbocycles. The SMILES string of the molecule is CCN(Cc1ccc(Cl)c(Cl)c1)[C@H]1CCNC1=O. The molecule has 0 unspecified atom stereocenters. The molecule has 2 rings (SSSR count). The van der Waals surface area contributed by atoms with Gasteiger partial charge in [-0.3, -0.25) is 9.69 Å². The van der Waals surface area contributed by atoms with E-state index in [2.05, 4.69) is 17.1 Å². The summed E-state index contributed by atoms with van der Waals surface area (Å²) in [5, 5.41) is 3.98. The Hall–Kier alpha value is -0.770. The van der Waals surface area contributed by atoms with Crippen molar-refractivity contribution in [1.29, 1.82) is 0 Å². The van der Waals surface area contributed by atoms with Crippen LogP contribution in [0.1, 0.15) is 18.9 Å². The Morgan fingerprint density at radius 3 is 2.72 bits per heavy atom. The third-order valence-electron chi connectivity index (χ3n) is 3.24. The second-order valence-corrected chi connectivity index (χ2v) is 5.22. The lowest BCUT2D eigenvalue weighted by Gasteiger charge is -2.25. The molecule has 98 valence electrons. The normalized spacial score (nSPS) is 19.3. The Kier molecular flexibility index (Phi) is 4.49. The summed E-state index contributed by atoms with van der Waals surface area (Å²) in [6.45, 7) is 4.37. The van der Waals surface area contributed by atoms with E-state index in [4.69, 9.17) is 23.2 Å². The summed E-state index contributed by atoms with van der Waals surface area (Å²) >= 11 is 11.9. The number of hydrogen-bond donors (Lipinski definition) is 1. The van der Waals surface area contributed by atoms with Gasteiger partial charge in [0.2, 0.25) is 5.91 Å². The van der Waals surface area contributed by atoms with E-state index in [0.717, 1.165) is 25.1 Å². The lowest BCUT2D eigenvalue weighted by atomic mass is 10.1. The summed E-state index contributed by atoms with van der Waals surface area (Å²) in [4.78, 5) is 13.8. The van der Waals surface area contributed by atoms with Gasteiger partial charge in [-0.05, 0) is 30.7 Å². The van der Waals surface area contributed by atoms with Crippen molar-refractivity contribution in [2.45, 2.75) is 25.9 Å². The molecule has 3 nitrogen and oxygen atoms in total. The first-order chi connectivity index (χ1) is 8.61. The first kappa shape index (κ1) is 13.7. The van der Waals surface area contributed by atoms with E-state index in [1.165, 1.54) is 0 Å². The monoisotopic (exact) mass is 286 g/mol. The van der Waals surface area contributed by atoms with E-state index < -0.39 is 0 Å². The number of benzene rings is 1. The number of nitrogens with one attached hydrogen (secondary N) is 1. The topological polar surface area (TPSA) is 32.3 Å². The van der Waals surface area contributed by atoms with Crippen molar-refractivity contribution in [3.05, 3.63) is 33.8 Å². The standard InChI is InChI=1S/C13H16Cl2N2O/c1-2-17(12-5-6-16-13(12)18)8-9-3-4-10(14)11(15)7-9/h3-4,7,12H,2,5-6,8H2,1H3,(H,16,18)/t12-/m0/s1. The molecule has 5 heteroatoms.